The Hall–Kier alpha value is -3.42. The van der Waals surface area contributed by atoms with Crippen LogP contribution in [0.2, 0.25) is 0 Å². The van der Waals surface area contributed by atoms with Gasteiger partial charge in [-0.25, -0.2) is 13.9 Å². The highest BCUT2D eigenvalue weighted by molar-refractivity contribution is 6.04. The molecule has 0 unspecified atom stereocenters. The van der Waals surface area contributed by atoms with Crippen molar-refractivity contribution >= 4 is 28.5 Å². The maximum Gasteiger partial charge on any atom is 0.325 e. The van der Waals surface area contributed by atoms with Crippen LogP contribution in [0.5, 0.6) is 0 Å². The summed E-state index contributed by atoms with van der Waals surface area (Å²) in [5.41, 5.74) is 3.80. The van der Waals surface area contributed by atoms with Gasteiger partial charge < -0.3 is 9.80 Å². The van der Waals surface area contributed by atoms with E-state index < -0.39 is 6.17 Å². The summed E-state index contributed by atoms with van der Waals surface area (Å²) in [5.74, 6) is -0.194. The van der Waals surface area contributed by atoms with E-state index in [-0.39, 0.29) is 25.0 Å². The minimum absolute atomic E-state index is 0.0133. The molecule has 7 nitrogen and oxygen atoms in total. The molecule has 3 heterocycles. The van der Waals surface area contributed by atoms with Gasteiger partial charge in [-0.1, -0.05) is 18.2 Å². The number of alkyl halides is 1. The maximum atomic E-state index is 13.4. The lowest BCUT2D eigenvalue weighted by Gasteiger charge is -2.22. The molecule has 0 aliphatic carbocycles. The van der Waals surface area contributed by atoms with Crippen LogP contribution in [-0.2, 0) is 4.79 Å². The Labute approximate surface area is 179 Å². The zero-order chi connectivity index (χ0) is 21.5. The largest absolute Gasteiger partial charge is 0.338 e. The van der Waals surface area contributed by atoms with E-state index in [9.17, 15) is 14.0 Å². The predicted molar refractivity (Wildman–Crippen MR) is 116 cm³/mol. The van der Waals surface area contributed by atoms with Gasteiger partial charge in [-0.2, -0.15) is 5.10 Å². The number of aryl methyl sites for hydroxylation is 1. The summed E-state index contributed by atoms with van der Waals surface area (Å²) in [5, 5.41) is 5.44. The number of carbonyl (C=O) groups excluding carboxylic acids is 2. The number of benzene rings is 2. The highest BCUT2D eigenvalue weighted by Gasteiger charge is 2.34. The minimum atomic E-state index is -0.961. The molecule has 5 rings (SSSR count). The van der Waals surface area contributed by atoms with Gasteiger partial charge in [-0.15, -0.1) is 0 Å². The highest BCUT2D eigenvalue weighted by Crippen LogP contribution is 2.31. The number of halogens is 1. The zero-order valence-corrected chi connectivity index (χ0v) is 17.4. The molecule has 160 valence electrons. The Morgan fingerprint density at radius 2 is 2.00 bits per heavy atom. The normalized spacial score (nSPS) is 19.1. The molecule has 2 saturated heterocycles. The second-order valence-corrected chi connectivity index (χ2v) is 8.19. The molecule has 2 aliphatic rings. The van der Waals surface area contributed by atoms with Crippen molar-refractivity contribution in [3.8, 4) is 5.69 Å². The Morgan fingerprint density at radius 3 is 2.77 bits per heavy atom. The molecule has 1 aromatic heterocycles. The van der Waals surface area contributed by atoms with Crippen molar-refractivity contribution in [1.82, 2.24) is 19.6 Å². The molecule has 8 heteroatoms. The monoisotopic (exact) mass is 421 g/mol. The van der Waals surface area contributed by atoms with E-state index >= 15 is 0 Å². The van der Waals surface area contributed by atoms with Crippen molar-refractivity contribution in [2.75, 3.05) is 37.6 Å². The van der Waals surface area contributed by atoms with Crippen molar-refractivity contribution in [3.05, 3.63) is 54.2 Å². The molecular formula is C23H24FN5O2. The summed E-state index contributed by atoms with van der Waals surface area (Å²) in [6.07, 6.45) is 1.19. The number of likely N-dealkylation sites (tertiary alicyclic amines) is 1. The minimum Gasteiger partial charge on any atom is -0.338 e. The Morgan fingerprint density at radius 1 is 1.16 bits per heavy atom. The quantitative estimate of drug-likeness (QED) is 0.650. The van der Waals surface area contributed by atoms with Gasteiger partial charge in [0.2, 0.25) is 5.91 Å². The first-order valence-electron chi connectivity index (χ1n) is 10.5. The number of amides is 3. The summed E-state index contributed by atoms with van der Waals surface area (Å²) in [6, 6.07) is 13.7. The fourth-order valence-electron chi connectivity index (χ4n) is 4.40. The van der Waals surface area contributed by atoms with Gasteiger partial charge in [0.25, 0.3) is 0 Å². The van der Waals surface area contributed by atoms with Gasteiger partial charge in [0.15, 0.2) is 0 Å². The van der Waals surface area contributed by atoms with Gasteiger partial charge in [0, 0.05) is 25.0 Å². The van der Waals surface area contributed by atoms with Crippen molar-refractivity contribution < 1.29 is 14.0 Å². The van der Waals surface area contributed by atoms with E-state index in [0.29, 0.717) is 26.1 Å². The fraction of sp³-hybridized carbons (Fsp3) is 0.348. The summed E-state index contributed by atoms with van der Waals surface area (Å²) >= 11 is 0. The molecular weight excluding hydrogens is 397 g/mol. The van der Waals surface area contributed by atoms with Crippen LogP contribution in [0.1, 0.15) is 12.0 Å². The molecule has 31 heavy (non-hydrogen) atoms. The molecule has 2 aromatic carbocycles. The molecule has 0 radical (unpaired) electrons. The van der Waals surface area contributed by atoms with Gasteiger partial charge in [0.05, 0.1) is 29.6 Å². The van der Waals surface area contributed by atoms with E-state index in [4.69, 9.17) is 0 Å². The second kappa shape index (κ2) is 7.68. The standard InChI is InChI=1S/C23H24FN5O2/c1-16-4-2-5-18(12-16)29-21-7-3-6-20(19(21)13-25-29)28-11-10-27(23(28)31)15-22(30)26-9-8-17(24)14-26/h2-7,12-13,17H,8-11,14-15H2,1H3/t17-/m0/s1. The molecule has 1 atom stereocenters. The van der Waals surface area contributed by atoms with Crippen LogP contribution in [0.4, 0.5) is 14.9 Å². The van der Waals surface area contributed by atoms with Crippen LogP contribution in [0.25, 0.3) is 16.6 Å². The average molecular weight is 421 g/mol. The van der Waals surface area contributed by atoms with Crippen molar-refractivity contribution in [2.45, 2.75) is 19.5 Å². The number of aromatic nitrogens is 2. The van der Waals surface area contributed by atoms with E-state index in [0.717, 1.165) is 27.8 Å². The van der Waals surface area contributed by atoms with Crippen LogP contribution in [0, 0.1) is 6.92 Å². The van der Waals surface area contributed by atoms with Crippen LogP contribution < -0.4 is 4.90 Å². The van der Waals surface area contributed by atoms with Gasteiger partial charge in [0.1, 0.15) is 12.7 Å². The van der Waals surface area contributed by atoms with Crippen LogP contribution in [0.15, 0.2) is 48.7 Å². The number of carbonyl (C=O) groups is 2. The lowest BCUT2D eigenvalue weighted by molar-refractivity contribution is -0.130. The number of rotatable bonds is 4. The molecule has 2 aliphatic heterocycles. The van der Waals surface area contributed by atoms with Crippen LogP contribution >= 0.6 is 0 Å². The number of anilines is 1. The smallest absolute Gasteiger partial charge is 0.325 e. The first-order valence-corrected chi connectivity index (χ1v) is 10.5. The molecule has 0 N–H and O–H groups in total. The Bertz CT molecular complexity index is 1160. The Kier molecular flexibility index (Phi) is 4.84. The summed E-state index contributed by atoms with van der Waals surface area (Å²) in [7, 11) is 0. The molecule has 0 saturated carbocycles. The SMILES string of the molecule is Cc1cccc(-n2ncc3c(N4CCN(CC(=O)N5CC[C@H](F)C5)C4=O)cccc32)c1. The van der Waals surface area contributed by atoms with Gasteiger partial charge in [-0.05, 0) is 43.2 Å². The van der Waals surface area contributed by atoms with Gasteiger partial charge >= 0.3 is 6.03 Å². The molecule has 0 spiro atoms. The fourth-order valence-corrected chi connectivity index (χ4v) is 4.40. The average Bonchev–Trinajstić information content (AvgIpc) is 3.47. The third-order valence-corrected chi connectivity index (χ3v) is 6.03. The first kappa shape index (κ1) is 19.5. The first-order chi connectivity index (χ1) is 15.0. The maximum absolute atomic E-state index is 13.4. The number of nitrogens with zero attached hydrogens (tertiary/aromatic N) is 5. The predicted octanol–water partition coefficient (Wildman–Crippen LogP) is 3.15. The van der Waals surface area contributed by atoms with E-state index in [1.54, 1.807) is 11.1 Å². The lowest BCUT2D eigenvalue weighted by Crippen LogP contribution is -2.41. The highest BCUT2D eigenvalue weighted by atomic mass is 19.1. The van der Waals surface area contributed by atoms with E-state index in [1.807, 2.05) is 48.0 Å². The van der Waals surface area contributed by atoms with Crippen molar-refractivity contribution in [3.63, 3.8) is 0 Å². The third kappa shape index (κ3) is 3.52. The van der Waals surface area contributed by atoms with E-state index in [1.165, 1.54) is 9.80 Å². The molecule has 3 aromatic rings. The summed E-state index contributed by atoms with van der Waals surface area (Å²) in [6.45, 7) is 3.52. The van der Waals surface area contributed by atoms with E-state index in [2.05, 4.69) is 11.2 Å². The molecule has 0 bridgehead atoms. The van der Waals surface area contributed by atoms with Gasteiger partial charge in [-0.3, -0.25) is 9.69 Å². The van der Waals surface area contributed by atoms with Crippen LogP contribution in [0.3, 0.4) is 0 Å². The molecule has 3 amide bonds. The zero-order valence-electron chi connectivity index (χ0n) is 17.4. The number of fused-ring (bicyclic) bond motifs is 1. The lowest BCUT2D eigenvalue weighted by atomic mass is 10.2. The number of hydrogen-bond acceptors (Lipinski definition) is 3. The number of hydrogen-bond donors (Lipinski definition) is 0. The van der Waals surface area contributed by atoms with Crippen molar-refractivity contribution in [1.29, 1.82) is 0 Å². The van der Waals surface area contributed by atoms with Crippen LogP contribution in [-0.4, -0.2) is 70.4 Å². The summed E-state index contributed by atoms with van der Waals surface area (Å²) < 4.78 is 15.3. The topological polar surface area (TPSA) is 61.7 Å². The van der Waals surface area contributed by atoms with Crippen molar-refractivity contribution in [2.24, 2.45) is 0 Å². The molecule has 2 fully saturated rings. The number of urea groups is 1. The summed E-state index contributed by atoms with van der Waals surface area (Å²) in [4.78, 5) is 30.3. The Balaban J connectivity index is 1.39. The second-order valence-electron chi connectivity index (χ2n) is 8.19. The third-order valence-electron chi connectivity index (χ3n) is 6.03.